The molecule has 4 bridgehead atoms. The zero-order valence-corrected chi connectivity index (χ0v) is 19.8. The number of ether oxygens (including phenoxy) is 1. The SMILES string of the molecule is CC(=O)NC12C[C@H]3C[C@@H](C1)CC(C(=O)O[C@H](C(=O)Nc1ccc(C)cc1)c1ccccc1)(C3)C2. The molecule has 0 spiro atoms. The van der Waals surface area contributed by atoms with Crippen LogP contribution in [0.3, 0.4) is 0 Å². The summed E-state index contributed by atoms with van der Waals surface area (Å²) >= 11 is 0. The summed E-state index contributed by atoms with van der Waals surface area (Å²) in [6.07, 6.45) is 4.04. The van der Waals surface area contributed by atoms with E-state index in [9.17, 15) is 14.4 Å². The van der Waals surface area contributed by atoms with Crippen LogP contribution in [0.5, 0.6) is 0 Å². The molecule has 0 aliphatic heterocycles. The van der Waals surface area contributed by atoms with Gasteiger partial charge >= 0.3 is 5.97 Å². The van der Waals surface area contributed by atoms with Crippen LogP contribution in [0.15, 0.2) is 54.6 Å². The van der Waals surface area contributed by atoms with Gasteiger partial charge in [-0.1, -0.05) is 48.0 Å². The smallest absolute Gasteiger partial charge is 0.313 e. The summed E-state index contributed by atoms with van der Waals surface area (Å²) in [6, 6.07) is 16.7. The summed E-state index contributed by atoms with van der Waals surface area (Å²) in [5.41, 5.74) is 1.41. The second kappa shape index (κ2) is 8.57. The van der Waals surface area contributed by atoms with Crippen LogP contribution in [0.1, 0.15) is 62.7 Å². The third-order valence-corrected chi connectivity index (χ3v) is 7.82. The Labute approximate surface area is 200 Å². The number of hydrogen-bond acceptors (Lipinski definition) is 4. The van der Waals surface area contributed by atoms with Crippen molar-refractivity contribution in [2.75, 3.05) is 5.32 Å². The number of anilines is 1. The molecule has 178 valence electrons. The van der Waals surface area contributed by atoms with Crippen molar-refractivity contribution in [1.82, 2.24) is 5.32 Å². The van der Waals surface area contributed by atoms with Gasteiger partial charge in [0.05, 0.1) is 5.41 Å². The van der Waals surface area contributed by atoms with Crippen molar-refractivity contribution in [3.8, 4) is 0 Å². The number of rotatable bonds is 6. The lowest BCUT2D eigenvalue weighted by Gasteiger charge is -2.60. The van der Waals surface area contributed by atoms with Gasteiger partial charge in [0.25, 0.3) is 5.91 Å². The first-order valence-corrected chi connectivity index (χ1v) is 12.2. The molecular weight excluding hydrogens is 428 g/mol. The minimum Gasteiger partial charge on any atom is -0.447 e. The van der Waals surface area contributed by atoms with Crippen LogP contribution in [0.25, 0.3) is 0 Å². The molecule has 2 aromatic carbocycles. The zero-order valence-electron chi connectivity index (χ0n) is 19.8. The molecule has 0 saturated heterocycles. The number of carbonyl (C=O) groups excluding carboxylic acids is 3. The van der Waals surface area contributed by atoms with Gasteiger partial charge in [-0.25, -0.2) is 0 Å². The quantitative estimate of drug-likeness (QED) is 0.613. The Balaban J connectivity index is 1.40. The highest BCUT2D eigenvalue weighted by Crippen LogP contribution is 2.62. The first-order chi connectivity index (χ1) is 16.3. The molecule has 6 heteroatoms. The normalized spacial score (nSPS) is 29.8. The van der Waals surface area contributed by atoms with Crippen molar-refractivity contribution >= 4 is 23.5 Å². The lowest BCUT2D eigenvalue weighted by molar-refractivity contribution is -0.182. The van der Waals surface area contributed by atoms with Gasteiger partial charge in [0.15, 0.2) is 0 Å². The van der Waals surface area contributed by atoms with Crippen molar-refractivity contribution in [1.29, 1.82) is 0 Å². The van der Waals surface area contributed by atoms with E-state index < -0.39 is 11.5 Å². The van der Waals surface area contributed by atoms with E-state index in [0.29, 0.717) is 29.5 Å². The highest BCUT2D eigenvalue weighted by molar-refractivity contribution is 5.96. The predicted octanol–water partition coefficient (Wildman–Crippen LogP) is 4.69. The molecule has 0 radical (unpaired) electrons. The van der Waals surface area contributed by atoms with Gasteiger partial charge in [0.1, 0.15) is 0 Å². The number of carbonyl (C=O) groups is 3. The van der Waals surface area contributed by atoms with Gasteiger partial charge in [-0.05, 0) is 69.4 Å². The Morgan fingerprint density at radius 2 is 1.59 bits per heavy atom. The van der Waals surface area contributed by atoms with E-state index in [1.54, 1.807) is 6.92 Å². The molecule has 2 amide bonds. The van der Waals surface area contributed by atoms with Crippen LogP contribution in [0, 0.1) is 24.2 Å². The number of hydrogen-bond donors (Lipinski definition) is 2. The zero-order chi connectivity index (χ0) is 23.9. The van der Waals surface area contributed by atoms with E-state index in [1.165, 1.54) is 0 Å². The van der Waals surface area contributed by atoms with Gasteiger partial charge in [-0.15, -0.1) is 0 Å². The molecule has 5 atom stereocenters. The minimum absolute atomic E-state index is 0.0508. The number of amides is 2. The van der Waals surface area contributed by atoms with Crippen LogP contribution in [0.2, 0.25) is 0 Å². The Bertz CT molecular complexity index is 1080. The van der Waals surface area contributed by atoms with Crippen molar-refractivity contribution in [2.24, 2.45) is 17.3 Å². The van der Waals surface area contributed by atoms with Gasteiger partial charge in [-0.2, -0.15) is 0 Å². The fourth-order valence-corrected chi connectivity index (χ4v) is 7.00. The molecule has 34 heavy (non-hydrogen) atoms. The average molecular weight is 461 g/mol. The second-order valence-electron chi connectivity index (χ2n) is 10.8. The average Bonchev–Trinajstić information content (AvgIpc) is 2.77. The lowest BCUT2D eigenvalue weighted by Crippen LogP contribution is -2.64. The lowest BCUT2D eigenvalue weighted by atomic mass is 9.47. The van der Waals surface area contributed by atoms with Gasteiger partial charge in [0, 0.05) is 23.7 Å². The van der Waals surface area contributed by atoms with Crippen LogP contribution in [-0.4, -0.2) is 23.3 Å². The van der Waals surface area contributed by atoms with Crippen molar-refractivity contribution in [3.05, 3.63) is 65.7 Å². The van der Waals surface area contributed by atoms with E-state index in [2.05, 4.69) is 10.6 Å². The standard InChI is InChI=1S/C28H32N2O4/c1-18-8-10-23(11-9-18)29-25(32)24(22-6-4-3-5-7-22)34-26(33)27-13-20-12-21(14-27)16-28(15-20,17-27)30-19(2)31/h3-11,20-21,24H,12-17H2,1-2H3,(H,29,32)(H,30,31)/t20-,21+,24-,27?,28?/m0/s1. The largest absolute Gasteiger partial charge is 0.447 e. The molecule has 0 aromatic heterocycles. The Hall–Kier alpha value is -3.15. The van der Waals surface area contributed by atoms with Crippen molar-refractivity contribution in [2.45, 2.75) is 64.0 Å². The van der Waals surface area contributed by atoms with E-state index in [1.807, 2.05) is 61.5 Å². The molecule has 2 unspecified atom stereocenters. The third kappa shape index (κ3) is 4.33. The Morgan fingerprint density at radius 1 is 0.941 bits per heavy atom. The first kappa shape index (κ1) is 22.6. The second-order valence-corrected chi connectivity index (χ2v) is 10.8. The molecule has 2 N–H and O–H groups in total. The maximum atomic E-state index is 13.8. The Kier molecular flexibility index (Phi) is 5.70. The summed E-state index contributed by atoms with van der Waals surface area (Å²) in [5, 5.41) is 6.09. The van der Waals surface area contributed by atoms with Crippen LogP contribution >= 0.6 is 0 Å². The first-order valence-electron chi connectivity index (χ1n) is 12.2. The maximum Gasteiger partial charge on any atom is 0.313 e. The highest BCUT2D eigenvalue weighted by Gasteiger charge is 2.62. The molecule has 4 aliphatic carbocycles. The molecular formula is C28H32N2O4. The van der Waals surface area contributed by atoms with E-state index in [4.69, 9.17) is 4.74 Å². The van der Waals surface area contributed by atoms with Gasteiger partial charge in [0.2, 0.25) is 12.0 Å². The summed E-state index contributed by atoms with van der Waals surface area (Å²) in [6.45, 7) is 3.53. The molecule has 2 aromatic rings. The monoisotopic (exact) mass is 460 g/mol. The third-order valence-electron chi connectivity index (χ3n) is 7.82. The Morgan fingerprint density at radius 3 is 2.21 bits per heavy atom. The predicted molar refractivity (Wildman–Crippen MR) is 129 cm³/mol. The molecule has 0 heterocycles. The van der Waals surface area contributed by atoms with Crippen LogP contribution < -0.4 is 10.6 Å². The summed E-state index contributed by atoms with van der Waals surface area (Å²) in [5.74, 6) is 0.0634. The number of benzene rings is 2. The minimum atomic E-state index is -1.04. The van der Waals surface area contributed by atoms with Crippen molar-refractivity contribution < 1.29 is 19.1 Å². The summed E-state index contributed by atoms with van der Waals surface area (Å²) < 4.78 is 6.07. The van der Waals surface area contributed by atoms with Gasteiger partial charge in [-0.3, -0.25) is 14.4 Å². The molecule has 6 nitrogen and oxygen atoms in total. The molecule has 4 saturated carbocycles. The molecule has 6 rings (SSSR count). The summed E-state index contributed by atoms with van der Waals surface area (Å²) in [4.78, 5) is 39.1. The highest BCUT2D eigenvalue weighted by atomic mass is 16.5. The van der Waals surface area contributed by atoms with Crippen LogP contribution in [0.4, 0.5) is 5.69 Å². The number of nitrogens with one attached hydrogen (secondary N) is 2. The van der Waals surface area contributed by atoms with Gasteiger partial charge < -0.3 is 15.4 Å². The maximum absolute atomic E-state index is 13.8. The topological polar surface area (TPSA) is 84.5 Å². The van der Waals surface area contributed by atoms with E-state index >= 15 is 0 Å². The fraction of sp³-hybridized carbons (Fsp3) is 0.464. The number of aryl methyl sites for hydroxylation is 1. The molecule has 4 fully saturated rings. The van der Waals surface area contributed by atoms with Crippen molar-refractivity contribution in [3.63, 3.8) is 0 Å². The van der Waals surface area contributed by atoms with E-state index in [-0.39, 0.29) is 23.3 Å². The number of esters is 1. The molecule has 4 aliphatic rings. The van der Waals surface area contributed by atoms with E-state index in [0.717, 1.165) is 37.7 Å². The van der Waals surface area contributed by atoms with Crippen LogP contribution in [-0.2, 0) is 19.1 Å². The fourth-order valence-electron chi connectivity index (χ4n) is 7.00. The summed E-state index contributed by atoms with van der Waals surface area (Å²) in [7, 11) is 0.